The van der Waals surface area contributed by atoms with Crippen molar-refractivity contribution < 1.29 is 9.53 Å². The summed E-state index contributed by atoms with van der Waals surface area (Å²) in [6.45, 7) is 15.6. The summed E-state index contributed by atoms with van der Waals surface area (Å²) in [5, 5.41) is 0. The van der Waals surface area contributed by atoms with Crippen LogP contribution in [0.1, 0.15) is 73.6 Å². The minimum atomic E-state index is 0.150. The molecule has 1 amide bonds. The molecule has 0 spiro atoms. The fourth-order valence-corrected chi connectivity index (χ4v) is 3.52. The first-order valence-corrected chi connectivity index (χ1v) is 9.23. The Bertz CT molecular complexity index is 336. The van der Waals surface area contributed by atoms with Gasteiger partial charge in [0, 0.05) is 26.1 Å². The van der Waals surface area contributed by atoms with Crippen LogP contribution >= 0.6 is 0 Å². The first kappa shape index (κ1) is 19.5. The number of hydrogen-bond acceptors (Lipinski definition) is 2. The highest BCUT2D eigenvalue weighted by molar-refractivity contribution is 5.76. The Balaban J connectivity index is 2.84. The third kappa shape index (κ3) is 5.57. The zero-order chi connectivity index (χ0) is 16.8. The fraction of sp³-hybridized carbons (Fsp3) is 0.947. The molecule has 1 fully saturated rings. The first-order valence-electron chi connectivity index (χ1n) is 9.23. The summed E-state index contributed by atoms with van der Waals surface area (Å²) >= 11 is 0. The topological polar surface area (TPSA) is 29.5 Å². The van der Waals surface area contributed by atoms with Gasteiger partial charge in [0.05, 0.1) is 6.10 Å². The van der Waals surface area contributed by atoms with Crippen molar-refractivity contribution in [2.45, 2.75) is 79.8 Å². The van der Waals surface area contributed by atoms with Crippen molar-refractivity contribution in [2.75, 3.05) is 19.7 Å². The van der Waals surface area contributed by atoms with Gasteiger partial charge in [-0.05, 0) is 50.4 Å². The molecular weight excluding hydrogens is 274 g/mol. The normalized spacial score (nSPS) is 25.7. The van der Waals surface area contributed by atoms with Gasteiger partial charge in [-0.2, -0.15) is 0 Å². The van der Waals surface area contributed by atoms with Crippen LogP contribution in [0.25, 0.3) is 0 Å². The van der Waals surface area contributed by atoms with Crippen LogP contribution < -0.4 is 0 Å². The largest absolute Gasteiger partial charge is 0.378 e. The van der Waals surface area contributed by atoms with Crippen LogP contribution in [0.4, 0.5) is 0 Å². The summed E-state index contributed by atoms with van der Waals surface area (Å²) in [4.78, 5) is 14.7. The lowest BCUT2D eigenvalue weighted by Crippen LogP contribution is -2.42. The fourth-order valence-electron chi connectivity index (χ4n) is 3.52. The van der Waals surface area contributed by atoms with Crippen molar-refractivity contribution >= 4 is 5.91 Å². The van der Waals surface area contributed by atoms with Crippen LogP contribution in [-0.2, 0) is 9.53 Å². The van der Waals surface area contributed by atoms with E-state index < -0.39 is 0 Å². The van der Waals surface area contributed by atoms with Gasteiger partial charge in [0.1, 0.15) is 0 Å². The third-order valence-electron chi connectivity index (χ3n) is 5.24. The molecule has 1 rings (SSSR count). The summed E-state index contributed by atoms with van der Waals surface area (Å²) in [6, 6.07) is 0. The molecule has 0 saturated carbocycles. The van der Waals surface area contributed by atoms with Gasteiger partial charge >= 0.3 is 0 Å². The summed E-state index contributed by atoms with van der Waals surface area (Å²) in [5.41, 5.74) is 0.150. The van der Waals surface area contributed by atoms with Crippen LogP contribution in [0.5, 0.6) is 0 Å². The number of amides is 1. The van der Waals surface area contributed by atoms with Crippen molar-refractivity contribution in [3.05, 3.63) is 0 Å². The molecule has 3 nitrogen and oxygen atoms in total. The van der Waals surface area contributed by atoms with Crippen molar-refractivity contribution in [1.82, 2.24) is 4.90 Å². The number of nitrogens with zero attached hydrogens (tertiary/aromatic N) is 1. The van der Waals surface area contributed by atoms with Crippen molar-refractivity contribution in [3.63, 3.8) is 0 Å². The second-order valence-corrected chi connectivity index (χ2v) is 7.78. The molecule has 0 aromatic carbocycles. The van der Waals surface area contributed by atoms with Crippen LogP contribution in [-0.4, -0.2) is 36.6 Å². The van der Waals surface area contributed by atoms with Crippen molar-refractivity contribution in [3.8, 4) is 0 Å². The lowest BCUT2D eigenvalue weighted by Gasteiger charge is -2.43. The van der Waals surface area contributed by atoms with E-state index in [1.54, 1.807) is 0 Å². The number of carbonyl (C=O) groups excluding carboxylic acids is 1. The molecule has 130 valence electrons. The highest BCUT2D eigenvalue weighted by Gasteiger charge is 2.40. The summed E-state index contributed by atoms with van der Waals surface area (Å²) in [6.07, 6.45) is 5.46. The lowest BCUT2D eigenvalue weighted by molar-refractivity contribution is -0.138. The molecule has 1 saturated heterocycles. The molecule has 2 atom stereocenters. The Labute approximate surface area is 137 Å². The Morgan fingerprint density at radius 1 is 1.23 bits per heavy atom. The number of hydrogen-bond donors (Lipinski definition) is 0. The van der Waals surface area contributed by atoms with Crippen LogP contribution in [0.3, 0.4) is 0 Å². The molecule has 1 aliphatic heterocycles. The number of carbonyl (C=O) groups is 1. The zero-order valence-electron chi connectivity index (χ0n) is 15.7. The van der Waals surface area contributed by atoms with Gasteiger partial charge < -0.3 is 9.64 Å². The predicted octanol–water partition coefficient (Wildman–Crippen LogP) is 4.50. The van der Waals surface area contributed by atoms with Crippen LogP contribution in [0.2, 0.25) is 0 Å². The minimum absolute atomic E-state index is 0.150. The lowest BCUT2D eigenvalue weighted by atomic mass is 9.69. The molecule has 3 heteroatoms. The molecule has 0 bridgehead atoms. The van der Waals surface area contributed by atoms with E-state index in [9.17, 15) is 4.79 Å². The molecule has 0 aromatic rings. The van der Waals surface area contributed by atoms with Crippen molar-refractivity contribution in [2.24, 2.45) is 17.3 Å². The average molecular weight is 312 g/mol. The highest BCUT2D eigenvalue weighted by atomic mass is 16.5. The molecule has 0 radical (unpaired) electrons. The van der Waals surface area contributed by atoms with Crippen molar-refractivity contribution in [1.29, 1.82) is 0 Å². The Morgan fingerprint density at radius 3 is 2.36 bits per heavy atom. The predicted molar refractivity (Wildman–Crippen MR) is 92.9 cm³/mol. The van der Waals surface area contributed by atoms with Crippen LogP contribution in [0, 0.1) is 17.3 Å². The highest BCUT2D eigenvalue weighted by Crippen LogP contribution is 2.43. The Hall–Kier alpha value is -0.570. The molecule has 22 heavy (non-hydrogen) atoms. The molecule has 0 aromatic heterocycles. The second-order valence-electron chi connectivity index (χ2n) is 7.78. The van der Waals surface area contributed by atoms with E-state index in [0.29, 0.717) is 30.3 Å². The second kappa shape index (κ2) is 8.90. The molecular formula is C19H37NO2. The molecule has 1 heterocycles. The maximum absolute atomic E-state index is 12.7. The zero-order valence-corrected chi connectivity index (χ0v) is 15.7. The van der Waals surface area contributed by atoms with Gasteiger partial charge in [0.25, 0.3) is 0 Å². The summed E-state index contributed by atoms with van der Waals surface area (Å²) in [5.74, 6) is 1.56. The van der Waals surface area contributed by atoms with Gasteiger partial charge in [-0.1, -0.05) is 34.1 Å². The van der Waals surface area contributed by atoms with Crippen LogP contribution in [0.15, 0.2) is 0 Å². The SMILES string of the molecule is CCN(CC)C(=O)C[C@@]1(CCC(C)C)CCO[C@H](C(C)C)C1. The Morgan fingerprint density at radius 2 is 1.86 bits per heavy atom. The number of rotatable bonds is 8. The maximum atomic E-state index is 12.7. The van der Waals surface area contributed by atoms with Gasteiger partial charge in [-0.3, -0.25) is 4.79 Å². The monoisotopic (exact) mass is 311 g/mol. The van der Waals surface area contributed by atoms with E-state index in [2.05, 4.69) is 41.5 Å². The minimum Gasteiger partial charge on any atom is -0.378 e. The van der Waals surface area contributed by atoms with E-state index in [0.717, 1.165) is 39.0 Å². The van der Waals surface area contributed by atoms with E-state index in [1.165, 1.54) is 6.42 Å². The van der Waals surface area contributed by atoms with E-state index in [1.807, 2.05) is 4.90 Å². The molecule has 0 aliphatic carbocycles. The summed E-state index contributed by atoms with van der Waals surface area (Å²) < 4.78 is 5.97. The molecule has 1 aliphatic rings. The smallest absolute Gasteiger partial charge is 0.223 e. The van der Waals surface area contributed by atoms with E-state index in [4.69, 9.17) is 4.74 Å². The quantitative estimate of drug-likeness (QED) is 0.660. The first-order chi connectivity index (χ1) is 10.3. The average Bonchev–Trinajstić information content (AvgIpc) is 2.46. The molecule has 0 N–H and O–H groups in total. The maximum Gasteiger partial charge on any atom is 0.223 e. The van der Waals surface area contributed by atoms with E-state index >= 15 is 0 Å². The van der Waals surface area contributed by atoms with Gasteiger partial charge in [-0.25, -0.2) is 0 Å². The van der Waals surface area contributed by atoms with E-state index in [-0.39, 0.29) is 5.41 Å². The third-order valence-corrected chi connectivity index (χ3v) is 5.24. The number of ether oxygens (including phenoxy) is 1. The van der Waals surface area contributed by atoms with Gasteiger partial charge in [0.15, 0.2) is 0 Å². The molecule has 0 unspecified atom stereocenters. The Kier molecular flexibility index (Phi) is 7.88. The standard InChI is InChI=1S/C19H37NO2/c1-7-20(8-2)18(21)14-19(10-9-15(3)4)11-12-22-17(13-19)16(5)6/h15-17H,7-14H2,1-6H3/t17-,19-/m0/s1. The van der Waals surface area contributed by atoms with Gasteiger partial charge in [-0.15, -0.1) is 0 Å². The van der Waals surface area contributed by atoms with Gasteiger partial charge in [0.2, 0.25) is 5.91 Å². The summed E-state index contributed by atoms with van der Waals surface area (Å²) in [7, 11) is 0.